The smallest absolute Gasteiger partial charge is 0.253 e. The van der Waals surface area contributed by atoms with E-state index in [0.717, 1.165) is 37.1 Å². The number of hydrogen-bond donors (Lipinski definition) is 1. The van der Waals surface area contributed by atoms with Crippen molar-refractivity contribution in [3.63, 3.8) is 0 Å². The summed E-state index contributed by atoms with van der Waals surface area (Å²) < 4.78 is 28.9. The topological polar surface area (TPSA) is 110 Å². The van der Waals surface area contributed by atoms with Crippen LogP contribution in [0.4, 0.5) is 5.69 Å². The molecule has 0 saturated carbocycles. The number of amides is 1. The van der Waals surface area contributed by atoms with Crippen molar-refractivity contribution in [1.82, 2.24) is 23.9 Å². The summed E-state index contributed by atoms with van der Waals surface area (Å²) >= 11 is 1.22. The zero-order valence-corrected chi connectivity index (χ0v) is 19.7. The molecule has 1 aliphatic heterocycles. The number of rotatable bonds is 6. The summed E-state index contributed by atoms with van der Waals surface area (Å²) in [6.07, 6.45) is 3.91. The van der Waals surface area contributed by atoms with E-state index < -0.39 is 10.0 Å². The Kier molecular flexibility index (Phi) is 6.77. The van der Waals surface area contributed by atoms with Gasteiger partial charge in [-0.15, -0.1) is 5.10 Å². The van der Waals surface area contributed by atoms with E-state index in [4.69, 9.17) is 0 Å². The number of hydrogen-bond acceptors (Lipinski definition) is 7. The summed E-state index contributed by atoms with van der Waals surface area (Å²) in [6, 6.07) is 8.24. The number of fused-ring (bicyclic) bond motifs is 1. The van der Waals surface area contributed by atoms with E-state index in [-0.39, 0.29) is 16.6 Å². The Balaban J connectivity index is 1.36. The normalized spacial score (nSPS) is 15.6. The molecule has 1 saturated heterocycles. The monoisotopic (exact) mass is 474 g/mol. The van der Waals surface area contributed by atoms with Crippen LogP contribution in [-0.4, -0.2) is 57.1 Å². The number of nitrogens with zero attached hydrogens (tertiary/aromatic N) is 5. The molecule has 0 aliphatic carbocycles. The van der Waals surface area contributed by atoms with Crippen molar-refractivity contribution in [2.75, 3.05) is 24.2 Å². The highest BCUT2D eigenvalue weighted by molar-refractivity contribution is 7.99. The van der Waals surface area contributed by atoms with Gasteiger partial charge in [0.05, 0.1) is 10.6 Å². The predicted molar refractivity (Wildman–Crippen MR) is 123 cm³/mol. The van der Waals surface area contributed by atoms with E-state index in [1.54, 1.807) is 33.1 Å². The van der Waals surface area contributed by atoms with E-state index >= 15 is 0 Å². The van der Waals surface area contributed by atoms with E-state index in [0.29, 0.717) is 29.7 Å². The number of thioether (sulfide) groups is 1. The van der Waals surface area contributed by atoms with Crippen molar-refractivity contribution < 1.29 is 13.2 Å². The van der Waals surface area contributed by atoms with Crippen molar-refractivity contribution in [2.24, 2.45) is 0 Å². The van der Waals surface area contributed by atoms with Crippen molar-refractivity contribution in [2.45, 2.75) is 49.6 Å². The first-order valence-corrected chi connectivity index (χ1v) is 13.0. The van der Waals surface area contributed by atoms with Gasteiger partial charge in [-0.05, 0) is 57.0 Å². The molecule has 1 fully saturated rings. The number of carbonyl (C=O) groups is 1. The number of aromatic nitrogens is 4. The summed E-state index contributed by atoms with van der Waals surface area (Å²) in [6.45, 7) is 4.94. The Morgan fingerprint density at radius 3 is 2.44 bits per heavy atom. The average Bonchev–Trinajstić information content (AvgIpc) is 2.96. The number of sulfonamides is 1. The van der Waals surface area contributed by atoms with Gasteiger partial charge in [0, 0.05) is 30.2 Å². The van der Waals surface area contributed by atoms with Crippen LogP contribution in [0.3, 0.4) is 0 Å². The quantitative estimate of drug-likeness (QED) is 0.547. The van der Waals surface area contributed by atoms with E-state index in [9.17, 15) is 13.2 Å². The SMILES string of the molecule is Cc1cc(C)n2nc(SCC(=O)Nc3ccc(S(=O)(=O)N4CCCCCC4)cc3)nc2n1. The van der Waals surface area contributed by atoms with Gasteiger partial charge in [0.25, 0.3) is 5.78 Å². The molecule has 11 heteroatoms. The van der Waals surface area contributed by atoms with Gasteiger partial charge in [0.15, 0.2) is 0 Å². The van der Waals surface area contributed by atoms with Crippen LogP contribution in [0.1, 0.15) is 37.1 Å². The van der Waals surface area contributed by atoms with Crippen LogP contribution in [-0.2, 0) is 14.8 Å². The van der Waals surface area contributed by atoms with Crippen LogP contribution in [0.2, 0.25) is 0 Å². The van der Waals surface area contributed by atoms with E-state index in [2.05, 4.69) is 20.4 Å². The lowest BCUT2D eigenvalue weighted by Gasteiger charge is -2.20. The standard InChI is InChI=1S/C21H26N6O3S2/c1-15-13-16(2)27-20(22-15)24-21(25-27)31-14-19(28)23-17-7-9-18(10-8-17)32(29,30)26-11-5-3-4-6-12-26/h7-10,13H,3-6,11-12,14H2,1-2H3,(H,23,28). The van der Waals surface area contributed by atoms with Gasteiger partial charge in [-0.3, -0.25) is 4.79 Å². The Morgan fingerprint density at radius 1 is 1.06 bits per heavy atom. The number of benzene rings is 1. The molecule has 4 rings (SSSR count). The molecular formula is C21H26N6O3S2. The van der Waals surface area contributed by atoms with Gasteiger partial charge in [0.1, 0.15) is 0 Å². The minimum atomic E-state index is -3.50. The molecule has 0 atom stereocenters. The Labute approximate surface area is 191 Å². The van der Waals surface area contributed by atoms with Crippen LogP contribution < -0.4 is 5.32 Å². The van der Waals surface area contributed by atoms with Crippen molar-refractivity contribution in [3.8, 4) is 0 Å². The Bertz CT molecular complexity index is 1220. The Hall–Kier alpha value is -2.50. The first-order chi connectivity index (χ1) is 15.3. The lowest BCUT2D eigenvalue weighted by Crippen LogP contribution is -2.31. The highest BCUT2D eigenvalue weighted by Gasteiger charge is 2.25. The molecule has 32 heavy (non-hydrogen) atoms. The molecule has 1 aromatic carbocycles. The molecule has 0 unspecified atom stereocenters. The summed E-state index contributed by atoms with van der Waals surface area (Å²) in [5.74, 6) is 0.410. The first-order valence-electron chi connectivity index (χ1n) is 10.6. The van der Waals surface area contributed by atoms with Crippen molar-refractivity contribution in [1.29, 1.82) is 0 Å². The molecule has 0 radical (unpaired) electrons. The number of nitrogens with one attached hydrogen (secondary N) is 1. The first kappa shape index (κ1) is 22.7. The second-order valence-electron chi connectivity index (χ2n) is 7.82. The van der Waals surface area contributed by atoms with Crippen LogP contribution >= 0.6 is 11.8 Å². The molecule has 1 amide bonds. The summed E-state index contributed by atoms with van der Waals surface area (Å²) in [5.41, 5.74) is 2.33. The molecule has 170 valence electrons. The predicted octanol–water partition coefficient (Wildman–Crippen LogP) is 3.04. The maximum atomic E-state index is 12.9. The largest absolute Gasteiger partial charge is 0.325 e. The molecule has 9 nitrogen and oxygen atoms in total. The second kappa shape index (κ2) is 9.55. The highest BCUT2D eigenvalue weighted by atomic mass is 32.2. The maximum absolute atomic E-state index is 12.9. The maximum Gasteiger partial charge on any atom is 0.253 e. The molecular weight excluding hydrogens is 448 g/mol. The second-order valence-corrected chi connectivity index (χ2v) is 10.7. The number of anilines is 1. The van der Waals surface area contributed by atoms with Crippen molar-refractivity contribution in [3.05, 3.63) is 41.7 Å². The van der Waals surface area contributed by atoms with Crippen LogP contribution in [0, 0.1) is 13.8 Å². The van der Waals surface area contributed by atoms with E-state index in [1.165, 1.54) is 11.8 Å². The summed E-state index contributed by atoms with van der Waals surface area (Å²) in [5, 5.41) is 7.64. The van der Waals surface area contributed by atoms with Gasteiger partial charge in [-0.25, -0.2) is 17.9 Å². The van der Waals surface area contributed by atoms with Crippen LogP contribution in [0.15, 0.2) is 40.4 Å². The molecule has 3 aromatic rings. The zero-order valence-electron chi connectivity index (χ0n) is 18.1. The van der Waals surface area contributed by atoms with Crippen molar-refractivity contribution >= 4 is 39.2 Å². The van der Waals surface area contributed by atoms with E-state index in [1.807, 2.05) is 19.9 Å². The lowest BCUT2D eigenvalue weighted by atomic mass is 10.2. The summed E-state index contributed by atoms with van der Waals surface area (Å²) in [7, 11) is -3.50. The molecule has 1 N–H and O–H groups in total. The fraction of sp³-hybridized carbons (Fsp3) is 0.429. The molecule has 2 aromatic heterocycles. The number of aryl methyl sites for hydroxylation is 2. The molecule has 0 spiro atoms. The lowest BCUT2D eigenvalue weighted by molar-refractivity contribution is -0.113. The molecule has 0 bridgehead atoms. The zero-order chi connectivity index (χ0) is 22.7. The molecule has 1 aliphatic rings. The third-order valence-electron chi connectivity index (χ3n) is 5.27. The third kappa shape index (κ3) is 5.11. The average molecular weight is 475 g/mol. The molecule has 3 heterocycles. The minimum Gasteiger partial charge on any atom is -0.325 e. The Morgan fingerprint density at radius 2 is 1.75 bits per heavy atom. The van der Waals surface area contributed by atoms with Gasteiger partial charge < -0.3 is 5.32 Å². The number of carbonyl (C=O) groups excluding carboxylic acids is 1. The fourth-order valence-corrected chi connectivity index (χ4v) is 5.81. The van der Waals surface area contributed by atoms with Gasteiger partial charge >= 0.3 is 0 Å². The van der Waals surface area contributed by atoms with Crippen LogP contribution in [0.5, 0.6) is 0 Å². The van der Waals surface area contributed by atoms with Gasteiger partial charge in [0.2, 0.25) is 21.1 Å². The minimum absolute atomic E-state index is 0.128. The highest BCUT2D eigenvalue weighted by Crippen LogP contribution is 2.22. The summed E-state index contributed by atoms with van der Waals surface area (Å²) in [4.78, 5) is 21.3. The van der Waals surface area contributed by atoms with Gasteiger partial charge in [-0.2, -0.15) is 9.29 Å². The third-order valence-corrected chi connectivity index (χ3v) is 8.02. The van der Waals surface area contributed by atoms with Gasteiger partial charge in [-0.1, -0.05) is 24.6 Å². The van der Waals surface area contributed by atoms with Crippen LogP contribution in [0.25, 0.3) is 5.78 Å². The fourth-order valence-electron chi connectivity index (χ4n) is 3.68.